The Bertz CT molecular complexity index is 1020. The Hall–Kier alpha value is -2.87. The van der Waals surface area contributed by atoms with E-state index in [9.17, 15) is 8.42 Å². The van der Waals surface area contributed by atoms with Crippen molar-refractivity contribution in [1.29, 1.82) is 0 Å². The number of aromatic amines is 1. The highest BCUT2D eigenvalue weighted by Crippen LogP contribution is 2.22. The summed E-state index contributed by atoms with van der Waals surface area (Å²) >= 11 is 0. The lowest BCUT2D eigenvalue weighted by molar-refractivity contribution is 0.600. The summed E-state index contributed by atoms with van der Waals surface area (Å²) in [5.41, 5.74) is 5.05. The molecule has 0 aliphatic carbocycles. The molecule has 2 aromatic heterocycles. The van der Waals surface area contributed by atoms with Gasteiger partial charge in [-0.25, -0.2) is 13.4 Å². The number of pyridine rings is 1. The molecule has 8 heteroatoms. The Balaban J connectivity index is 1.76. The molecule has 0 spiro atoms. The van der Waals surface area contributed by atoms with Gasteiger partial charge in [0.1, 0.15) is 10.7 Å². The number of aryl methyl sites for hydroxylation is 4. The van der Waals surface area contributed by atoms with Gasteiger partial charge in [-0.1, -0.05) is 6.07 Å². The van der Waals surface area contributed by atoms with Crippen LogP contribution >= 0.6 is 0 Å². The number of H-pyrrole nitrogens is 1. The molecule has 0 fully saturated rings. The Morgan fingerprint density at radius 2 is 1.69 bits per heavy atom. The van der Waals surface area contributed by atoms with Crippen molar-refractivity contribution in [2.24, 2.45) is 0 Å². The molecule has 3 aromatic rings. The van der Waals surface area contributed by atoms with Crippen LogP contribution in [0.15, 0.2) is 41.4 Å². The number of aromatic nitrogens is 3. The standard InChI is InChI=1S/C18H21N5O2S/c1-11-5-6-15(9-12(11)2)20-16-7-8-17(19-10-16)23-26(24,25)18-13(3)21-22-14(18)4/h5-10,20H,1-4H3,(H,19,23)(H,21,22). The predicted molar refractivity (Wildman–Crippen MR) is 102 cm³/mol. The van der Waals surface area contributed by atoms with Gasteiger partial charge in [0.25, 0.3) is 10.0 Å². The van der Waals surface area contributed by atoms with E-state index in [1.807, 2.05) is 12.1 Å². The van der Waals surface area contributed by atoms with Crippen LogP contribution in [0.2, 0.25) is 0 Å². The molecule has 0 atom stereocenters. The molecule has 0 unspecified atom stereocenters. The molecule has 1 aromatic carbocycles. The summed E-state index contributed by atoms with van der Waals surface area (Å²) in [5, 5.41) is 9.85. The molecule has 0 amide bonds. The number of rotatable bonds is 5. The van der Waals surface area contributed by atoms with Gasteiger partial charge < -0.3 is 5.32 Å². The van der Waals surface area contributed by atoms with Crippen molar-refractivity contribution in [2.75, 3.05) is 10.0 Å². The second-order valence-corrected chi connectivity index (χ2v) is 7.84. The molecule has 136 valence electrons. The highest BCUT2D eigenvalue weighted by atomic mass is 32.2. The minimum Gasteiger partial charge on any atom is -0.354 e. The van der Waals surface area contributed by atoms with Crippen molar-refractivity contribution in [1.82, 2.24) is 15.2 Å². The van der Waals surface area contributed by atoms with Crippen LogP contribution in [-0.4, -0.2) is 23.6 Å². The van der Waals surface area contributed by atoms with E-state index in [4.69, 9.17) is 0 Å². The first-order valence-electron chi connectivity index (χ1n) is 8.11. The summed E-state index contributed by atoms with van der Waals surface area (Å²) in [6.45, 7) is 7.42. The molecule has 0 aliphatic rings. The molecule has 3 rings (SSSR count). The molecule has 0 saturated carbocycles. The number of benzene rings is 1. The number of nitrogens with one attached hydrogen (secondary N) is 3. The van der Waals surface area contributed by atoms with Crippen LogP contribution < -0.4 is 10.0 Å². The van der Waals surface area contributed by atoms with Crippen LogP contribution in [0.25, 0.3) is 0 Å². The third-order valence-corrected chi connectivity index (χ3v) is 5.74. The van der Waals surface area contributed by atoms with E-state index < -0.39 is 10.0 Å². The van der Waals surface area contributed by atoms with Gasteiger partial charge >= 0.3 is 0 Å². The molecule has 0 bridgehead atoms. The molecule has 0 saturated heterocycles. The summed E-state index contributed by atoms with van der Waals surface area (Å²) < 4.78 is 27.5. The summed E-state index contributed by atoms with van der Waals surface area (Å²) in [6, 6.07) is 9.48. The van der Waals surface area contributed by atoms with Crippen LogP contribution in [0, 0.1) is 27.7 Å². The van der Waals surface area contributed by atoms with E-state index in [0.717, 1.165) is 11.4 Å². The molecule has 0 aliphatic heterocycles. The highest BCUT2D eigenvalue weighted by Gasteiger charge is 2.22. The van der Waals surface area contributed by atoms with Crippen LogP contribution in [0.1, 0.15) is 22.5 Å². The number of nitrogens with zero attached hydrogens (tertiary/aromatic N) is 2. The van der Waals surface area contributed by atoms with Crippen LogP contribution in [0.4, 0.5) is 17.2 Å². The number of hydrogen-bond acceptors (Lipinski definition) is 5. The maximum Gasteiger partial charge on any atom is 0.266 e. The Morgan fingerprint density at radius 3 is 2.27 bits per heavy atom. The van der Waals surface area contributed by atoms with Gasteiger partial charge in [-0.3, -0.25) is 9.82 Å². The quantitative estimate of drug-likeness (QED) is 0.636. The molecular weight excluding hydrogens is 350 g/mol. The average molecular weight is 371 g/mol. The minimum atomic E-state index is -3.74. The Labute approximate surface area is 152 Å². The average Bonchev–Trinajstić information content (AvgIpc) is 2.92. The van der Waals surface area contributed by atoms with Gasteiger partial charge in [-0.15, -0.1) is 0 Å². The zero-order valence-corrected chi connectivity index (χ0v) is 15.9. The zero-order valence-electron chi connectivity index (χ0n) is 15.1. The summed E-state index contributed by atoms with van der Waals surface area (Å²) in [5.74, 6) is 0.246. The largest absolute Gasteiger partial charge is 0.354 e. The van der Waals surface area contributed by atoms with E-state index in [0.29, 0.717) is 11.4 Å². The second-order valence-electron chi connectivity index (χ2n) is 6.22. The number of anilines is 3. The van der Waals surface area contributed by atoms with Crippen molar-refractivity contribution in [2.45, 2.75) is 32.6 Å². The van der Waals surface area contributed by atoms with Gasteiger partial charge in [-0.2, -0.15) is 5.10 Å². The lowest BCUT2D eigenvalue weighted by Gasteiger charge is -2.10. The van der Waals surface area contributed by atoms with Crippen LogP contribution in [0.5, 0.6) is 0 Å². The van der Waals surface area contributed by atoms with Crippen LogP contribution in [0.3, 0.4) is 0 Å². The van der Waals surface area contributed by atoms with E-state index in [1.165, 1.54) is 11.1 Å². The third kappa shape index (κ3) is 3.70. The predicted octanol–water partition coefficient (Wildman–Crippen LogP) is 3.58. The lowest BCUT2D eigenvalue weighted by atomic mass is 10.1. The van der Waals surface area contributed by atoms with E-state index >= 15 is 0 Å². The SMILES string of the molecule is Cc1ccc(Nc2ccc(NS(=O)(=O)c3c(C)n[nH]c3C)nc2)cc1C. The van der Waals surface area contributed by atoms with Gasteiger partial charge in [0.05, 0.1) is 23.3 Å². The van der Waals surface area contributed by atoms with Gasteiger partial charge in [-0.05, 0) is 63.1 Å². The third-order valence-electron chi connectivity index (χ3n) is 4.13. The van der Waals surface area contributed by atoms with Gasteiger partial charge in [0, 0.05) is 5.69 Å². The fourth-order valence-corrected chi connectivity index (χ4v) is 4.02. The minimum absolute atomic E-state index is 0.150. The fourth-order valence-electron chi connectivity index (χ4n) is 2.64. The van der Waals surface area contributed by atoms with E-state index in [-0.39, 0.29) is 10.7 Å². The molecule has 3 N–H and O–H groups in total. The monoisotopic (exact) mass is 371 g/mol. The van der Waals surface area contributed by atoms with Gasteiger partial charge in [0.2, 0.25) is 0 Å². The molecule has 2 heterocycles. The molecular formula is C18H21N5O2S. The smallest absolute Gasteiger partial charge is 0.266 e. The first-order valence-corrected chi connectivity index (χ1v) is 9.59. The molecule has 0 radical (unpaired) electrons. The van der Waals surface area contributed by atoms with Crippen LogP contribution in [-0.2, 0) is 10.0 Å². The van der Waals surface area contributed by atoms with Crippen molar-refractivity contribution in [3.05, 3.63) is 59.0 Å². The molecule has 26 heavy (non-hydrogen) atoms. The Kier molecular flexibility index (Phi) is 4.69. The van der Waals surface area contributed by atoms with Gasteiger partial charge in [0.15, 0.2) is 0 Å². The Morgan fingerprint density at radius 1 is 0.962 bits per heavy atom. The normalized spacial score (nSPS) is 11.4. The maximum absolute atomic E-state index is 12.5. The molecule has 7 nitrogen and oxygen atoms in total. The van der Waals surface area contributed by atoms with Crippen molar-refractivity contribution >= 4 is 27.2 Å². The summed E-state index contributed by atoms with van der Waals surface area (Å²) in [7, 11) is -3.74. The second kappa shape index (κ2) is 6.80. The first kappa shape index (κ1) is 17.9. The van der Waals surface area contributed by atoms with Crippen molar-refractivity contribution in [3.63, 3.8) is 0 Å². The van der Waals surface area contributed by atoms with E-state index in [1.54, 1.807) is 32.2 Å². The first-order chi connectivity index (χ1) is 12.3. The fraction of sp³-hybridized carbons (Fsp3) is 0.222. The highest BCUT2D eigenvalue weighted by molar-refractivity contribution is 7.92. The lowest BCUT2D eigenvalue weighted by Crippen LogP contribution is -2.15. The van der Waals surface area contributed by atoms with Crippen molar-refractivity contribution < 1.29 is 8.42 Å². The summed E-state index contributed by atoms with van der Waals surface area (Å²) in [4.78, 5) is 4.34. The summed E-state index contributed by atoms with van der Waals surface area (Å²) in [6.07, 6.45) is 1.59. The van der Waals surface area contributed by atoms with Crippen molar-refractivity contribution in [3.8, 4) is 0 Å². The maximum atomic E-state index is 12.5. The topological polar surface area (TPSA) is 99.8 Å². The zero-order chi connectivity index (χ0) is 18.9. The van der Waals surface area contributed by atoms with E-state index in [2.05, 4.69) is 45.1 Å². The number of sulfonamides is 1. The number of hydrogen-bond donors (Lipinski definition) is 3.